The number of nitrogens with two attached hydrogens (primary N) is 1. The first-order chi connectivity index (χ1) is 10.9. The average Bonchev–Trinajstić information content (AvgIpc) is 3.01. The predicted molar refractivity (Wildman–Crippen MR) is 93.5 cm³/mol. The van der Waals surface area contributed by atoms with E-state index in [4.69, 9.17) is 10.2 Å². The minimum Gasteiger partial charge on any atom is -0.451 e. The second kappa shape index (κ2) is 7.47. The summed E-state index contributed by atoms with van der Waals surface area (Å²) in [4.78, 5) is 12.0. The molecule has 0 aliphatic rings. The van der Waals surface area contributed by atoms with Crippen molar-refractivity contribution in [3.8, 4) is 11.3 Å². The number of hydrogen-bond acceptors (Lipinski definition) is 3. The van der Waals surface area contributed by atoms with E-state index in [0.29, 0.717) is 24.6 Å². The Labute approximate surface area is 138 Å². The second-order valence-corrected chi connectivity index (χ2v) is 6.74. The zero-order valence-corrected chi connectivity index (χ0v) is 14.2. The van der Waals surface area contributed by atoms with Gasteiger partial charge in [-0.05, 0) is 42.5 Å². The summed E-state index contributed by atoms with van der Waals surface area (Å²) in [5.74, 6) is 0.866. The minimum atomic E-state index is -0.181. The molecule has 3 N–H and O–H groups in total. The summed E-state index contributed by atoms with van der Waals surface area (Å²) in [6.07, 6.45) is 1.79. The molecule has 2 rings (SSSR count). The van der Waals surface area contributed by atoms with Crippen molar-refractivity contribution in [2.24, 2.45) is 5.73 Å². The first-order valence-electron chi connectivity index (χ1n) is 8.11. The highest BCUT2D eigenvalue weighted by Crippen LogP contribution is 2.27. The molecule has 2 aromatic rings. The van der Waals surface area contributed by atoms with Crippen molar-refractivity contribution in [2.45, 2.75) is 39.0 Å². The quantitative estimate of drug-likeness (QED) is 0.799. The number of rotatable bonds is 6. The Morgan fingerprint density at radius 2 is 1.78 bits per heavy atom. The van der Waals surface area contributed by atoms with Gasteiger partial charge >= 0.3 is 0 Å². The van der Waals surface area contributed by atoms with E-state index in [1.165, 1.54) is 5.56 Å². The molecule has 1 aromatic heterocycles. The van der Waals surface area contributed by atoms with Gasteiger partial charge in [0.05, 0.1) is 0 Å². The van der Waals surface area contributed by atoms with Crippen LogP contribution in [0.15, 0.2) is 40.8 Å². The standard InChI is InChI=1S/C19H26N2O2/c1-19(2,3)15-8-6-14(7-9-15)16-10-11-17(23-16)18(22)21-13-5-4-12-20/h6-11H,4-5,12-13,20H2,1-3H3,(H,21,22). The monoisotopic (exact) mass is 314 g/mol. The molecule has 0 fully saturated rings. The molecule has 0 saturated heterocycles. The van der Waals surface area contributed by atoms with Crippen LogP contribution in [0.3, 0.4) is 0 Å². The SMILES string of the molecule is CC(C)(C)c1ccc(-c2ccc(C(=O)NCCCCN)o2)cc1. The topological polar surface area (TPSA) is 68.3 Å². The Morgan fingerprint density at radius 3 is 2.39 bits per heavy atom. The van der Waals surface area contributed by atoms with Crippen LogP contribution in [0.4, 0.5) is 0 Å². The maximum Gasteiger partial charge on any atom is 0.287 e. The van der Waals surface area contributed by atoms with E-state index in [-0.39, 0.29) is 11.3 Å². The molecule has 1 aromatic carbocycles. The smallest absolute Gasteiger partial charge is 0.287 e. The Balaban J connectivity index is 2.02. The van der Waals surface area contributed by atoms with Crippen molar-refractivity contribution in [1.82, 2.24) is 5.32 Å². The van der Waals surface area contributed by atoms with Gasteiger partial charge in [-0.15, -0.1) is 0 Å². The fourth-order valence-electron chi connectivity index (χ4n) is 2.31. The summed E-state index contributed by atoms with van der Waals surface area (Å²) in [6.45, 7) is 7.81. The van der Waals surface area contributed by atoms with Crippen molar-refractivity contribution in [1.29, 1.82) is 0 Å². The van der Waals surface area contributed by atoms with Gasteiger partial charge in [0.1, 0.15) is 5.76 Å². The maximum absolute atomic E-state index is 12.0. The van der Waals surface area contributed by atoms with Gasteiger partial charge in [0.2, 0.25) is 0 Å². The Bertz CT molecular complexity index is 636. The van der Waals surface area contributed by atoms with Gasteiger partial charge in [0.25, 0.3) is 5.91 Å². The van der Waals surface area contributed by atoms with Crippen LogP contribution in [-0.2, 0) is 5.41 Å². The molecule has 0 unspecified atom stereocenters. The van der Waals surface area contributed by atoms with Gasteiger partial charge in [-0.25, -0.2) is 0 Å². The number of unbranched alkanes of at least 4 members (excludes halogenated alkanes) is 1. The van der Waals surface area contributed by atoms with Gasteiger partial charge in [-0.3, -0.25) is 4.79 Å². The summed E-state index contributed by atoms with van der Waals surface area (Å²) in [5, 5.41) is 2.84. The van der Waals surface area contributed by atoms with Gasteiger partial charge in [0, 0.05) is 12.1 Å². The highest BCUT2D eigenvalue weighted by atomic mass is 16.3. The number of hydrogen-bond donors (Lipinski definition) is 2. The van der Waals surface area contributed by atoms with Crippen LogP contribution in [0.2, 0.25) is 0 Å². The summed E-state index contributed by atoms with van der Waals surface area (Å²) in [5.41, 5.74) is 7.79. The summed E-state index contributed by atoms with van der Waals surface area (Å²) < 4.78 is 5.68. The highest BCUT2D eigenvalue weighted by Gasteiger charge is 2.15. The van der Waals surface area contributed by atoms with E-state index in [2.05, 4.69) is 38.2 Å². The number of amides is 1. The largest absolute Gasteiger partial charge is 0.451 e. The van der Waals surface area contributed by atoms with Gasteiger partial charge in [0.15, 0.2) is 5.76 Å². The van der Waals surface area contributed by atoms with Crippen LogP contribution in [0.25, 0.3) is 11.3 Å². The molecule has 1 amide bonds. The highest BCUT2D eigenvalue weighted by molar-refractivity contribution is 5.92. The predicted octanol–water partition coefficient (Wildman–Crippen LogP) is 3.71. The molecule has 0 aliphatic carbocycles. The van der Waals surface area contributed by atoms with Crippen LogP contribution in [-0.4, -0.2) is 19.0 Å². The van der Waals surface area contributed by atoms with E-state index in [9.17, 15) is 4.79 Å². The normalized spacial score (nSPS) is 11.5. The fraction of sp³-hybridized carbons (Fsp3) is 0.421. The summed E-state index contributed by atoms with van der Waals surface area (Å²) >= 11 is 0. The van der Waals surface area contributed by atoms with E-state index in [1.807, 2.05) is 18.2 Å². The number of nitrogens with one attached hydrogen (secondary N) is 1. The number of carbonyl (C=O) groups excluding carboxylic acids is 1. The van der Waals surface area contributed by atoms with Gasteiger partial charge in [-0.1, -0.05) is 45.0 Å². The molecular weight excluding hydrogens is 288 g/mol. The van der Waals surface area contributed by atoms with E-state index >= 15 is 0 Å². The van der Waals surface area contributed by atoms with Crippen molar-refractivity contribution in [3.63, 3.8) is 0 Å². The van der Waals surface area contributed by atoms with E-state index < -0.39 is 0 Å². The van der Waals surface area contributed by atoms with Crippen LogP contribution < -0.4 is 11.1 Å². The fourth-order valence-corrected chi connectivity index (χ4v) is 2.31. The third kappa shape index (κ3) is 4.70. The molecule has 0 spiro atoms. The molecule has 4 nitrogen and oxygen atoms in total. The first-order valence-corrected chi connectivity index (χ1v) is 8.11. The van der Waals surface area contributed by atoms with Crippen LogP contribution in [0.5, 0.6) is 0 Å². The molecule has 0 saturated carbocycles. The molecular formula is C19H26N2O2. The van der Waals surface area contributed by atoms with Gasteiger partial charge < -0.3 is 15.5 Å². The lowest BCUT2D eigenvalue weighted by molar-refractivity contribution is 0.0926. The van der Waals surface area contributed by atoms with Crippen molar-refractivity contribution in [2.75, 3.05) is 13.1 Å². The third-order valence-electron chi connectivity index (χ3n) is 3.78. The van der Waals surface area contributed by atoms with Crippen LogP contribution in [0.1, 0.15) is 49.7 Å². The zero-order valence-electron chi connectivity index (χ0n) is 14.2. The molecule has 4 heteroatoms. The Morgan fingerprint density at radius 1 is 1.09 bits per heavy atom. The summed E-state index contributed by atoms with van der Waals surface area (Å²) in [7, 11) is 0. The maximum atomic E-state index is 12.0. The third-order valence-corrected chi connectivity index (χ3v) is 3.78. The molecule has 124 valence electrons. The molecule has 0 radical (unpaired) electrons. The van der Waals surface area contributed by atoms with E-state index in [1.54, 1.807) is 6.07 Å². The molecule has 23 heavy (non-hydrogen) atoms. The lowest BCUT2D eigenvalue weighted by Gasteiger charge is -2.18. The molecule has 0 atom stereocenters. The summed E-state index contributed by atoms with van der Waals surface area (Å²) in [6, 6.07) is 11.8. The first kappa shape index (κ1) is 17.3. The average molecular weight is 314 g/mol. The Kier molecular flexibility index (Phi) is 5.61. The lowest BCUT2D eigenvalue weighted by atomic mass is 9.86. The molecule has 1 heterocycles. The molecule has 0 bridgehead atoms. The number of furan rings is 1. The molecule has 0 aliphatic heterocycles. The van der Waals surface area contributed by atoms with Crippen molar-refractivity contribution >= 4 is 5.91 Å². The number of carbonyl (C=O) groups is 1. The van der Waals surface area contributed by atoms with Crippen LogP contribution in [0, 0.1) is 0 Å². The van der Waals surface area contributed by atoms with Crippen molar-refractivity contribution in [3.05, 3.63) is 47.7 Å². The van der Waals surface area contributed by atoms with Crippen molar-refractivity contribution < 1.29 is 9.21 Å². The number of benzene rings is 1. The zero-order chi connectivity index (χ0) is 16.9. The van der Waals surface area contributed by atoms with Crippen LogP contribution >= 0.6 is 0 Å². The Hall–Kier alpha value is -2.07. The minimum absolute atomic E-state index is 0.121. The van der Waals surface area contributed by atoms with E-state index in [0.717, 1.165) is 18.4 Å². The van der Waals surface area contributed by atoms with Gasteiger partial charge in [-0.2, -0.15) is 0 Å². The second-order valence-electron chi connectivity index (χ2n) is 6.74. The lowest BCUT2D eigenvalue weighted by Crippen LogP contribution is -2.24.